The highest BCUT2D eigenvalue weighted by Crippen LogP contribution is 2.27. The van der Waals surface area contributed by atoms with Crippen LogP contribution >= 0.6 is 0 Å². The van der Waals surface area contributed by atoms with Crippen LogP contribution in [0.4, 0.5) is 0 Å². The minimum Gasteiger partial charge on any atom is -0.377 e. The van der Waals surface area contributed by atoms with Crippen molar-refractivity contribution < 1.29 is 4.74 Å². The van der Waals surface area contributed by atoms with Crippen LogP contribution in [0.2, 0.25) is 0 Å². The predicted molar refractivity (Wildman–Crippen MR) is 52.1 cm³/mol. The lowest BCUT2D eigenvalue weighted by Crippen LogP contribution is -2.17. The minimum absolute atomic E-state index is 0.655. The lowest BCUT2D eigenvalue weighted by Gasteiger charge is -2.25. The van der Waals surface area contributed by atoms with Crippen LogP contribution in [-0.2, 0) is 4.74 Å². The van der Waals surface area contributed by atoms with Gasteiger partial charge in [0.05, 0.1) is 13.2 Å². The van der Waals surface area contributed by atoms with E-state index >= 15 is 0 Å². The molecule has 0 atom stereocenters. The molecule has 0 spiro atoms. The molecular weight excluding hydrogens is 148 g/mol. The van der Waals surface area contributed by atoms with E-state index in [0.29, 0.717) is 11.8 Å². The molecule has 0 aliphatic carbocycles. The third kappa shape index (κ3) is 2.10. The Kier molecular flexibility index (Phi) is 3.33. The molecule has 0 aromatic carbocycles. The molecule has 0 radical (unpaired) electrons. The number of rotatable bonds is 2. The highest BCUT2D eigenvalue weighted by atomic mass is 16.5. The van der Waals surface area contributed by atoms with Crippen LogP contribution in [0.15, 0.2) is 11.1 Å². The molecular formula is C11H20O. The zero-order chi connectivity index (χ0) is 9.14. The molecule has 0 N–H and O–H groups in total. The van der Waals surface area contributed by atoms with E-state index in [9.17, 15) is 0 Å². The average molecular weight is 168 g/mol. The lowest BCUT2D eigenvalue weighted by molar-refractivity contribution is 0.136. The van der Waals surface area contributed by atoms with E-state index in [1.165, 1.54) is 5.57 Å². The van der Waals surface area contributed by atoms with Gasteiger partial charge in [0.15, 0.2) is 0 Å². The van der Waals surface area contributed by atoms with Crippen molar-refractivity contribution in [3.8, 4) is 0 Å². The maximum atomic E-state index is 5.47. The van der Waals surface area contributed by atoms with Gasteiger partial charge in [-0.3, -0.25) is 0 Å². The summed E-state index contributed by atoms with van der Waals surface area (Å²) in [7, 11) is 0. The first kappa shape index (κ1) is 9.79. The first-order valence-electron chi connectivity index (χ1n) is 4.92. The van der Waals surface area contributed by atoms with Crippen molar-refractivity contribution in [1.82, 2.24) is 0 Å². The molecule has 0 bridgehead atoms. The van der Waals surface area contributed by atoms with Crippen LogP contribution in [-0.4, -0.2) is 13.2 Å². The van der Waals surface area contributed by atoms with Gasteiger partial charge in [-0.25, -0.2) is 0 Å². The van der Waals surface area contributed by atoms with E-state index in [1.807, 2.05) is 0 Å². The minimum atomic E-state index is 0.655. The lowest BCUT2D eigenvalue weighted by atomic mass is 9.88. The summed E-state index contributed by atoms with van der Waals surface area (Å²) in [5.74, 6) is 1.36. The van der Waals surface area contributed by atoms with Crippen molar-refractivity contribution in [3.63, 3.8) is 0 Å². The second-order valence-corrected chi connectivity index (χ2v) is 4.16. The smallest absolute Gasteiger partial charge is 0.0682 e. The van der Waals surface area contributed by atoms with Gasteiger partial charge in [-0.05, 0) is 23.8 Å². The predicted octanol–water partition coefficient (Wildman–Crippen LogP) is 3.02. The van der Waals surface area contributed by atoms with E-state index in [-0.39, 0.29) is 0 Å². The van der Waals surface area contributed by atoms with Crippen LogP contribution < -0.4 is 0 Å². The van der Waals surface area contributed by atoms with Crippen molar-refractivity contribution in [2.24, 2.45) is 11.8 Å². The zero-order valence-corrected chi connectivity index (χ0v) is 8.68. The highest BCUT2D eigenvalue weighted by Gasteiger charge is 2.17. The molecule has 70 valence electrons. The summed E-state index contributed by atoms with van der Waals surface area (Å²) < 4.78 is 5.47. The molecule has 1 aliphatic rings. The molecule has 1 nitrogen and oxygen atoms in total. The van der Waals surface area contributed by atoms with Gasteiger partial charge in [0.2, 0.25) is 0 Å². The summed E-state index contributed by atoms with van der Waals surface area (Å²) in [5, 5.41) is 0. The number of hydrogen-bond donors (Lipinski definition) is 0. The van der Waals surface area contributed by atoms with Gasteiger partial charge in [0.1, 0.15) is 0 Å². The summed E-state index contributed by atoms with van der Waals surface area (Å²) in [5.41, 5.74) is 3.17. The molecule has 0 aromatic heterocycles. The Morgan fingerprint density at radius 3 is 2.00 bits per heavy atom. The van der Waals surface area contributed by atoms with Crippen LogP contribution in [0, 0.1) is 11.8 Å². The average Bonchev–Trinajstić information content (AvgIpc) is 2.04. The van der Waals surface area contributed by atoms with Gasteiger partial charge in [-0.2, -0.15) is 0 Å². The van der Waals surface area contributed by atoms with E-state index in [2.05, 4.69) is 27.7 Å². The van der Waals surface area contributed by atoms with Gasteiger partial charge >= 0.3 is 0 Å². The van der Waals surface area contributed by atoms with E-state index in [0.717, 1.165) is 19.6 Å². The summed E-state index contributed by atoms with van der Waals surface area (Å²) in [4.78, 5) is 0. The van der Waals surface area contributed by atoms with Crippen molar-refractivity contribution in [1.29, 1.82) is 0 Å². The van der Waals surface area contributed by atoms with Crippen molar-refractivity contribution in [2.75, 3.05) is 13.2 Å². The Morgan fingerprint density at radius 2 is 1.58 bits per heavy atom. The molecule has 0 amide bonds. The molecule has 1 rings (SSSR count). The van der Waals surface area contributed by atoms with Gasteiger partial charge in [0.25, 0.3) is 0 Å². The second kappa shape index (κ2) is 4.08. The maximum Gasteiger partial charge on any atom is 0.0682 e. The van der Waals surface area contributed by atoms with E-state index in [1.54, 1.807) is 5.57 Å². The summed E-state index contributed by atoms with van der Waals surface area (Å²) in [6.45, 7) is 10.9. The highest BCUT2D eigenvalue weighted by molar-refractivity contribution is 5.20. The first-order chi connectivity index (χ1) is 5.63. The zero-order valence-electron chi connectivity index (χ0n) is 8.68. The van der Waals surface area contributed by atoms with Crippen molar-refractivity contribution >= 4 is 0 Å². The third-order valence-corrected chi connectivity index (χ3v) is 2.58. The Morgan fingerprint density at radius 1 is 1.00 bits per heavy atom. The molecule has 0 fully saturated rings. The molecule has 1 heterocycles. The number of ether oxygens (including phenoxy) is 1. The number of hydrogen-bond acceptors (Lipinski definition) is 1. The fraction of sp³-hybridized carbons (Fsp3) is 0.818. The quantitative estimate of drug-likeness (QED) is 0.576. The van der Waals surface area contributed by atoms with Crippen LogP contribution in [0.3, 0.4) is 0 Å². The largest absolute Gasteiger partial charge is 0.377 e. The molecule has 12 heavy (non-hydrogen) atoms. The monoisotopic (exact) mass is 168 g/mol. The Bertz CT molecular complexity index is 157. The summed E-state index contributed by atoms with van der Waals surface area (Å²) in [6, 6.07) is 0. The summed E-state index contributed by atoms with van der Waals surface area (Å²) in [6.07, 6.45) is 1.14. The van der Waals surface area contributed by atoms with E-state index < -0.39 is 0 Å². The van der Waals surface area contributed by atoms with Crippen molar-refractivity contribution in [2.45, 2.75) is 34.1 Å². The molecule has 0 saturated heterocycles. The molecule has 0 saturated carbocycles. The fourth-order valence-electron chi connectivity index (χ4n) is 1.81. The van der Waals surface area contributed by atoms with Crippen LogP contribution in [0.1, 0.15) is 34.1 Å². The Balaban J connectivity index is 2.83. The molecule has 1 heteroatoms. The SMILES string of the molecule is CC(C)C1=C(C(C)C)COCC1. The fourth-order valence-corrected chi connectivity index (χ4v) is 1.81. The molecule has 0 aromatic rings. The summed E-state index contributed by atoms with van der Waals surface area (Å²) >= 11 is 0. The normalized spacial score (nSPS) is 19.5. The second-order valence-electron chi connectivity index (χ2n) is 4.16. The van der Waals surface area contributed by atoms with Crippen LogP contribution in [0.5, 0.6) is 0 Å². The Labute approximate surface area is 75.8 Å². The molecule has 1 aliphatic heterocycles. The first-order valence-corrected chi connectivity index (χ1v) is 4.92. The molecule has 0 unspecified atom stereocenters. The topological polar surface area (TPSA) is 9.23 Å². The van der Waals surface area contributed by atoms with Gasteiger partial charge in [-0.1, -0.05) is 33.3 Å². The Hall–Kier alpha value is -0.300. The van der Waals surface area contributed by atoms with Gasteiger partial charge < -0.3 is 4.74 Å². The third-order valence-electron chi connectivity index (χ3n) is 2.58. The maximum absolute atomic E-state index is 5.47. The van der Waals surface area contributed by atoms with Crippen molar-refractivity contribution in [3.05, 3.63) is 11.1 Å². The standard InChI is InChI=1S/C11H20O/c1-8(2)10-5-6-12-7-11(10)9(3)4/h8-9H,5-7H2,1-4H3. The van der Waals surface area contributed by atoms with Gasteiger partial charge in [0, 0.05) is 0 Å². The van der Waals surface area contributed by atoms with Crippen LogP contribution in [0.25, 0.3) is 0 Å². The van der Waals surface area contributed by atoms with Gasteiger partial charge in [-0.15, -0.1) is 0 Å². The van der Waals surface area contributed by atoms with E-state index in [4.69, 9.17) is 4.74 Å².